The van der Waals surface area contributed by atoms with Crippen molar-refractivity contribution in [1.29, 1.82) is 0 Å². The Morgan fingerprint density at radius 3 is 2.46 bits per heavy atom. The van der Waals surface area contributed by atoms with Gasteiger partial charge in [0.2, 0.25) is 0 Å². The van der Waals surface area contributed by atoms with Crippen molar-refractivity contribution in [2.24, 2.45) is 5.73 Å². The molecule has 0 aromatic heterocycles. The van der Waals surface area contributed by atoms with E-state index in [9.17, 15) is 0 Å². The SMILES string of the molecule is NCC1(N2CCN(Cc3ccccc3)CC2)CCCCCOCC1. The summed E-state index contributed by atoms with van der Waals surface area (Å²) in [6, 6.07) is 10.8. The van der Waals surface area contributed by atoms with Crippen molar-refractivity contribution in [3.63, 3.8) is 0 Å². The normalized spacial score (nSPS) is 28.0. The number of nitrogens with zero attached hydrogens (tertiary/aromatic N) is 2. The van der Waals surface area contributed by atoms with Gasteiger partial charge in [0.15, 0.2) is 0 Å². The first-order chi connectivity index (χ1) is 11.8. The monoisotopic (exact) mass is 331 g/mol. The second kappa shape index (κ2) is 8.95. The number of nitrogens with two attached hydrogens (primary N) is 1. The third kappa shape index (κ3) is 4.57. The fourth-order valence-electron chi connectivity index (χ4n) is 4.20. The Bertz CT molecular complexity index is 461. The molecule has 0 saturated carbocycles. The zero-order valence-electron chi connectivity index (χ0n) is 15.0. The molecule has 134 valence electrons. The van der Waals surface area contributed by atoms with Crippen molar-refractivity contribution in [2.45, 2.75) is 44.2 Å². The summed E-state index contributed by atoms with van der Waals surface area (Å²) in [7, 11) is 0. The molecule has 24 heavy (non-hydrogen) atoms. The van der Waals surface area contributed by atoms with Gasteiger partial charge in [-0.2, -0.15) is 0 Å². The molecule has 3 rings (SSSR count). The van der Waals surface area contributed by atoms with Crippen LogP contribution in [0.25, 0.3) is 0 Å². The van der Waals surface area contributed by atoms with Crippen molar-refractivity contribution in [2.75, 3.05) is 45.9 Å². The van der Waals surface area contributed by atoms with Crippen LogP contribution < -0.4 is 5.73 Å². The quantitative estimate of drug-likeness (QED) is 0.920. The van der Waals surface area contributed by atoms with E-state index in [4.69, 9.17) is 10.5 Å². The van der Waals surface area contributed by atoms with Crippen LogP contribution in [0.2, 0.25) is 0 Å². The minimum absolute atomic E-state index is 0.156. The molecule has 2 N–H and O–H groups in total. The van der Waals surface area contributed by atoms with Crippen LogP contribution in [0.1, 0.15) is 37.7 Å². The summed E-state index contributed by atoms with van der Waals surface area (Å²) in [5, 5.41) is 0. The first-order valence-corrected chi connectivity index (χ1v) is 9.62. The van der Waals surface area contributed by atoms with Crippen molar-refractivity contribution < 1.29 is 4.74 Å². The molecule has 1 aromatic carbocycles. The van der Waals surface area contributed by atoms with E-state index in [1.54, 1.807) is 0 Å². The molecule has 4 nitrogen and oxygen atoms in total. The topological polar surface area (TPSA) is 41.7 Å². The summed E-state index contributed by atoms with van der Waals surface area (Å²) < 4.78 is 5.81. The van der Waals surface area contributed by atoms with Gasteiger partial charge in [0, 0.05) is 58.0 Å². The molecule has 0 amide bonds. The number of hydrogen-bond donors (Lipinski definition) is 1. The predicted molar refractivity (Wildman–Crippen MR) is 99.0 cm³/mol. The van der Waals surface area contributed by atoms with Crippen LogP contribution in [-0.2, 0) is 11.3 Å². The molecule has 1 aromatic rings. The molecule has 2 aliphatic heterocycles. The van der Waals surface area contributed by atoms with Crippen LogP contribution in [0.3, 0.4) is 0 Å². The Morgan fingerprint density at radius 2 is 1.71 bits per heavy atom. The summed E-state index contributed by atoms with van der Waals surface area (Å²) in [6.07, 6.45) is 6.07. The Morgan fingerprint density at radius 1 is 0.917 bits per heavy atom. The highest BCUT2D eigenvalue weighted by molar-refractivity contribution is 5.14. The van der Waals surface area contributed by atoms with Crippen LogP contribution in [0.5, 0.6) is 0 Å². The average Bonchev–Trinajstić information content (AvgIpc) is 2.76. The average molecular weight is 332 g/mol. The van der Waals surface area contributed by atoms with Gasteiger partial charge in [0.1, 0.15) is 0 Å². The highest BCUT2D eigenvalue weighted by Crippen LogP contribution is 2.28. The number of ether oxygens (including phenoxy) is 1. The largest absolute Gasteiger partial charge is 0.381 e. The van der Waals surface area contributed by atoms with Crippen molar-refractivity contribution in [3.8, 4) is 0 Å². The van der Waals surface area contributed by atoms with Crippen LogP contribution in [-0.4, -0.2) is 61.3 Å². The summed E-state index contributed by atoms with van der Waals surface area (Å²) in [5.41, 5.74) is 7.86. The van der Waals surface area contributed by atoms with Gasteiger partial charge in [-0.25, -0.2) is 0 Å². The number of rotatable bonds is 4. The second-order valence-electron chi connectivity index (χ2n) is 7.35. The highest BCUT2D eigenvalue weighted by Gasteiger charge is 2.36. The maximum atomic E-state index is 6.29. The fourth-order valence-corrected chi connectivity index (χ4v) is 4.20. The zero-order valence-corrected chi connectivity index (χ0v) is 15.0. The third-order valence-electron chi connectivity index (χ3n) is 5.81. The zero-order chi connectivity index (χ0) is 16.7. The van der Waals surface area contributed by atoms with E-state index in [1.165, 1.54) is 31.2 Å². The smallest absolute Gasteiger partial charge is 0.0484 e. The van der Waals surface area contributed by atoms with E-state index in [0.29, 0.717) is 0 Å². The van der Waals surface area contributed by atoms with E-state index in [2.05, 4.69) is 40.1 Å². The molecule has 0 radical (unpaired) electrons. The van der Waals surface area contributed by atoms with Gasteiger partial charge in [-0.3, -0.25) is 9.80 Å². The molecule has 2 aliphatic rings. The molecule has 1 unspecified atom stereocenters. The Balaban J connectivity index is 1.56. The second-order valence-corrected chi connectivity index (χ2v) is 7.35. The molecule has 1 atom stereocenters. The lowest BCUT2D eigenvalue weighted by atomic mass is 9.86. The predicted octanol–water partition coefficient (Wildman–Crippen LogP) is 2.48. The van der Waals surface area contributed by atoms with Gasteiger partial charge in [0.25, 0.3) is 0 Å². The maximum Gasteiger partial charge on any atom is 0.0484 e. The maximum absolute atomic E-state index is 6.29. The Hall–Kier alpha value is -0.940. The number of piperazine rings is 1. The Labute approximate surface area is 147 Å². The summed E-state index contributed by atoms with van der Waals surface area (Å²) in [4.78, 5) is 5.24. The third-order valence-corrected chi connectivity index (χ3v) is 5.81. The van der Waals surface area contributed by atoms with Crippen LogP contribution in [0.4, 0.5) is 0 Å². The minimum Gasteiger partial charge on any atom is -0.381 e. The van der Waals surface area contributed by atoms with Gasteiger partial charge in [-0.05, 0) is 24.8 Å². The van der Waals surface area contributed by atoms with Crippen LogP contribution in [0.15, 0.2) is 30.3 Å². The van der Waals surface area contributed by atoms with Gasteiger partial charge < -0.3 is 10.5 Å². The molecule has 2 saturated heterocycles. The van der Waals surface area contributed by atoms with E-state index in [0.717, 1.165) is 58.9 Å². The first kappa shape index (κ1) is 17.9. The molecule has 0 aliphatic carbocycles. The van der Waals surface area contributed by atoms with Crippen LogP contribution in [0, 0.1) is 0 Å². The molecule has 2 heterocycles. The minimum atomic E-state index is 0.156. The lowest BCUT2D eigenvalue weighted by Gasteiger charge is -2.47. The van der Waals surface area contributed by atoms with Gasteiger partial charge in [-0.1, -0.05) is 43.2 Å². The van der Waals surface area contributed by atoms with Crippen molar-refractivity contribution >= 4 is 0 Å². The van der Waals surface area contributed by atoms with E-state index < -0.39 is 0 Å². The molecule has 0 bridgehead atoms. The standard InChI is InChI=1S/C20H33N3O/c21-18-20(9-5-2-6-15-24-16-10-20)23-13-11-22(12-14-23)17-19-7-3-1-4-8-19/h1,3-4,7-8H,2,5-6,9-18,21H2. The van der Waals surface area contributed by atoms with Gasteiger partial charge in [0.05, 0.1) is 0 Å². The molecule has 4 heteroatoms. The van der Waals surface area contributed by atoms with E-state index >= 15 is 0 Å². The fraction of sp³-hybridized carbons (Fsp3) is 0.700. The molecule has 2 fully saturated rings. The van der Waals surface area contributed by atoms with E-state index in [1.807, 2.05) is 0 Å². The van der Waals surface area contributed by atoms with Crippen LogP contribution >= 0.6 is 0 Å². The molecular formula is C20H33N3O. The van der Waals surface area contributed by atoms with Gasteiger partial charge >= 0.3 is 0 Å². The van der Waals surface area contributed by atoms with Crippen molar-refractivity contribution in [1.82, 2.24) is 9.80 Å². The number of benzene rings is 1. The lowest BCUT2D eigenvalue weighted by molar-refractivity contribution is 0.00582. The molecular weight excluding hydrogens is 298 g/mol. The first-order valence-electron chi connectivity index (χ1n) is 9.62. The molecule has 0 spiro atoms. The number of hydrogen-bond acceptors (Lipinski definition) is 4. The summed E-state index contributed by atoms with van der Waals surface area (Å²) in [5.74, 6) is 0. The lowest BCUT2D eigenvalue weighted by Crippen LogP contribution is -2.60. The van der Waals surface area contributed by atoms with Gasteiger partial charge in [-0.15, -0.1) is 0 Å². The van der Waals surface area contributed by atoms with E-state index in [-0.39, 0.29) is 5.54 Å². The Kier molecular flexibility index (Phi) is 6.67. The van der Waals surface area contributed by atoms with Crippen molar-refractivity contribution in [3.05, 3.63) is 35.9 Å². The summed E-state index contributed by atoms with van der Waals surface area (Å²) in [6.45, 7) is 8.14. The highest BCUT2D eigenvalue weighted by atomic mass is 16.5. The summed E-state index contributed by atoms with van der Waals surface area (Å²) >= 11 is 0.